The molecule has 1 aromatic heterocycles. The van der Waals surface area contributed by atoms with Gasteiger partial charge in [0.1, 0.15) is 0 Å². The van der Waals surface area contributed by atoms with Crippen LogP contribution in [0.25, 0.3) is 0 Å². The van der Waals surface area contributed by atoms with Crippen molar-refractivity contribution in [3.05, 3.63) is 17.5 Å². The van der Waals surface area contributed by atoms with E-state index in [2.05, 4.69) is 0 Å². The van der Waals surface area contributed by atoms with Crippen LogP contribution < -0.4 is 3.78 Å². The summed E-state index contributed by atoms with van der Waals surface area (Å²) in [6, 6.07) is 3.60. The molecule has 2 nitrogen and oxygen atoms in total. The van der Waals surface area contributed by atoms with Gasteiger partial charge in [-0.1, -0.05) is 0 Å². The average Bonchev–Trinajstić information content (AvgIpc) is 2.15. The molecule has 0 aromatic carbocycles. The Balaban J connectivity index is 2.58. The average molecular weight is 192 g/mol. The zero-order valence-corrected chi connectivity index (χ0v) is 6.06. The number of carboxylic acid groups (broad SMARTS) is 1. The first-order valence-electron chi connectivity index (χ1n) is 2.12. The third kappa shape index (κ3) is 2.18. The van der Waals surface area contributed by atoms with E-state index in [9.17, 15) is 4.79 Å². The molecular weight excluding hydrogens is 188 g/mol. The van der Waals surface area contributed by atoms with Gasteiger partial charge < -0.3 is 0 Å². The van der Waals surface area contributed by atoms with E-state index in [4.69, 9.17) is 5.11 Å². The van der Waals surface area contributed by atoms with Crippen LogP contribution in [0.3, 0.4) is 0 Å². The molecule has 1 rings (SSSR count). The molecule has 0 unspecified atom stereocenters. The number of thiophene rings is 1. The van der Waals surface area contributed by atoms with Crippen LogP contribution in [-0.4, -0.2) is 9.97 Å². The van der Waals surface area contributed by atoms with Crippen LogP contribution in [0.15, 0.2) is 17.5 Å². The van der Waals surface area contributed by atoms with Crippen LogP contribution >= 0.6 is 11.3 Å². The molecule has 53 valence electrons. The molecule has 4 heteroatoms. The van der Waals surface area contributed by atoms with Crippen LogP contribution in [0.2, 0.25) is 0 Å². The van der Waals surface area contributed by atoms with E-state index in [0.717, 1.165) is 18.7 Å². The second kappa shape index (κ2) is 3.01. The van der Waals surface area contributed by atoms with Gasteiger partial charge in [-0.2, -0.15) is 0 Å². The number of carbonyl (C=O) groups is 1. The summed E-state index contributed by atoms with van der Waals surface area (Å²) in [4.78, 5) is 9.17. The quantitative estimate of drug-likeness (QED) is 0.712. The summed E-state index contributed by atoms with van der Waals surface area (Å²) in [5.74, 6) is 0. The Morgan fingerprint density at radius 2 is 2.56 bits per heavy atom. The minimum absolute atomic E-state index is 0.811. The molecule has 0 aliphatic carbocycles. The number of rotatable bonds is 2. The summed E-state index contributed by atoms with van der Waals surface area (Å²) >= 11 is 2.36. The van der Waals surface area contributed by atoms with Crippen LogP contribution in [0.4, 0.5) is 4.79 Å². The molecule has 1 N–H and O–H groups in total. The molecule has 0 saturated carbocycles. The van der Waals surface area contributed by atoms with Crippen LogP contribution in [0, 0.1) is 0 Å². The third-order valence-corrected chi connectivity index (χ3v) is 2.42. The van der Waals surface area contributed by atoms with Crippen LogP contribution in [0.5, 0.6) is 0 Å². The van der Waals surface area contributed by atoms with Gasteiger partial charge >= 0.3 is 62.4 Å². The molecule has 0 spiro atoms. The Hall–Kier alpha value is -0.311. The summed E-state index contributed by atoms with van der Waals surface area (Å²) < 4.78 is 0.811. The first-order chi connectivity index (χ1) is 4.29. The topological polar surface area (TPSA) is 37.3 Å². The van der Waals surface area contributed by atoms with Crippen molar-refractivity contribution in [2.45, 2.75) is 0 Å². The fourth-order valence-corrected chi connectivity index (χ4v) is 1.77. The first-order valence-corrected chi connectivity index (χ1v) is 3.95. The molecule has 1 heterocycles. The van der Waals surface area contributed by atoms with E-state index in [1.807, 2.05) is 11.4 Å². The second-order valence-electron chi connectivity index (χ2n) is 1.18. The maximum atomic E-state index is 10.0. The molecule has 0 fully saturated rings. The van der Waals surface area contributed by atoms with E-state index in [1.54, 1.807) is 6.07 Å². The van der Waals surface area contributed by atoms with Crippen molar-refractivity contribution in [2.24, 2.45) is 0 Å². The third-order valence-electron chi connectivity index (χ3n) is 0.603. The molecule has 0 atom stereocenters. The molecule has 9 heavy (non-hydrogen) atoms. The van der Waals surface area contributed by atoms with Crippen molar-refractivity contribution < 1.29 is 24.9 Å². The van der Waals surface area contributed by atoms with E-state index in [-0.39, 0.29) is 0 Å². The van der Waals surface area contributed by atoms with Gasteiger partial charge in [-0.05, 0) is 0 Å². The molecule has 0 aliphatic rings. The minimum atomic E-state index is -0.860. The second-order valence-corrected chi connectivity index (χ2v) is 3.53. The zero-order chi connectivity index (χ0) is 6.69. The van der Waals surface area contributed by atoms with Gasteiger partial charge in [0.2, 0.25) is 0 Å². The van der Waals surface area contributed by atoms with Crippen molar-refractivity contribution in [1.82, 2.24) is 0 Å². The van der Waals surface area contributed by atoms with Crippen molar-refractivity contribution in [3.63, 3.8) is 0 Å². The first kappa shape index (κ1) is 6.80. The summed E-state index contributed by atoms with van der Waals surface area (Å²) in [5.41, 5.74) is 0. The van der Waals surface area contributed by atoms with Crippen molar-refractivity contribution >= 4 is 20.0 Å². The van der Waals surface area contributed by atoms with E-state index in [1.165, 1.54) is 11.3 Å². The Morgan fingerprint density at radius 1 is 1.78 bits per heavy atom. The molecule has 1 aromatic rings. The standard InChI is InChI=1S/C4H3S.CHO2.Cu/c1-2-4-5-3-1;2-1-3;/h1-3H;(H,2,3);. The monoisotopic (exact) mass is 191 g/mol. The van der Waals surface area contributed by atoms with Crippen LogP contribution in [0.1, 0.15) is 0 Å². The molecule has 0 saturated heterocycles. The van der Waals surface area contributed by atoms with E-state index < -0.39 is 4.87 Å². The molecule has 0 radical (unpaired) electrons. The normalized spacial score (nSPS) is 9.78. The molecule has 0 aliphatic heterocycles. The fraction of sp³-hybridized carbons (Fsp3) is 0. The summed E-state index contributed by atoms with van der Waals surface area (Å²) in [5, 5.41) is 10.1. The van der Waals surface area contributed by atoms with Gasteiger partial charge in [-0.15, -0.1) is 0 Å². The number of hydrogen-bond acceptors (Lipinski definition) is 2. The van der Waals surface area contributed by atoms with Crippen LogP contribution in [-0.2, 0) is 15.0 Å². The molecule has 0 bridgehead atoms. The Bertz CT molecular complexity index is 195. The van der Waals surface area contributed by atoms with Gasteiger partial charge in [-0.3, -0.25) is 0 Å². The van der Waals surface area contributed by atoms with Gasteiger partial charge in [0.15, 0.2) is 0 Å². The Kier molecular flexibility index (Phi) is 2.28. The number of hydrogen-bond donors (Lipinski definition) is 1. The van der Waals surface area contributed by atoms with Gasteiger partial charge in [0.25, 0.3) is 0 Å². The van der Waals surface area contributed by atoms with Crippen molar-refractivity contribution in [3.8, 4) is 0 Å². The van der Waals surface area contributed by atoms with Gasteiger partial charge in [-0.25, -0.2) is 0 Å². The summed E-state index contributed by atoms with van der Waals surface area (Å²) in [6.07, 6.45) is 0. The maximum absolute atomic E-state index is 10.0. The van der Waals surface area contributed by atoms with Gasteiger partial charge in [0.05, 0.1) is 0 Å². The fourth-order valence-electron chi connectivity index (χ4n) is 0.352. The molecule has 0 amide bonds. The summed E-state index contributed by atoms with van der Waals surface area (Å²) in [6.45, 7) is 0. The van der Waals surface area contributed by atoms with Gasteiger partial charge in [0, 0.05) is 0 Å². The SMILES string of the molecule is O=[C](O)[Cu][c]1cccs1. The van der Waals surface area contributed by atoms with Crippen molar-refractivity contribution in [2.75, 3.05) is 0 Å². The summed E-state index contributed by atoms with van der Waals surface area (Å²) in [7, 11) is 0. The predicted octanol–water partition coefficient (Wildman–Crippen LogP) is 1.13. The Morgan fingerprint density at radius 3 is 3.00 bits per heavy atom. The van der Waals surface area contributed by atoms with E-state index in [0.29, 0.717) is 0 Å². The van der Waals surface area contributed by atoms with Crippen molar-refractivity contribution in [1.29, 1.82) is 0 Å². The molecular formula is C5H4CuO2S. The van der Waals surface area contributed by atoms with E-state index >= 15 is 0 Å². The predicted molar refractivity (Wildman–Crippen MR) is 32.0 cm³/mol. The zero-order valence-electron chi connectivity index (χ0n) is 4.30. The Labute approximate surface area is 62.7 Å².